The lowest BCUT2D eigenvalue weighted by molar-refractivity contribution is -0.104. The SMILES string of the molecule is CC(C)(C[C@@H]1c2ccccc2OC12CCN(c1nc3c(cnn3C3CCO3)nc1CO)CC2)NC(=O)O. The highest BCUT2D eigenvalue weighted by atomic mass is 16.5. The van der Waals surface area contributed by atoms with E-state index >= 15 is 0 Å². The fourth-order valence-corrected chi connectivity index (χ4v) is 6.01. The Morgan fingerprint density at radius 3 is 2.68 bits per heavy atom. The van der Waals surface area contributed by atoms with Gasteiger partial charge in [-0.3, -0.25) is 0 Å². The second kappa shape index (κ2) is 8.84. The highest BCUT2D eigenvalue weighted by Gasteiger charge is 2.51. The molecule has 1 spiro atoms. The first-order valence-corrected chi connectivity index (χ1v) is 12.8. The molecular weight excluding hydrogens is 476 g/mol. The quantitative estimate of drug-likeness (QED) is 0.459. The van der Waals surface area contributed by atoms with Gasteiger partial charge in [-0.15, -0.1) is 0 Å². The number of nitrogens with zero attached hydrogens (tertiary/aromatic N) is 5. The van der Waals surface area contributed by atoms with Gasteiger partial charge in [0.2, 0.25) is 0 Å². The first-order valence-electron chi connectivity index (χ1n) is 12.8. The third-order valence-electron chi connectivity index (χ3n) is 7.89. The van der Waals surface area contributed by atoms with Crippen molar-refractivity contribution in [2.45, 2.75) is 69.4 Å². The summed E-state index contributed by atoms with van der Waals surface area (Å²) in [7, 11) is 0. The molecule has 3 aliphatic heterocycles. The maximum absolute atomic E-state index is 11.4. The van der Waals surface area contributed by atoms with E-state index in [-0.39, 0.29) is 18.8 Å². The topological polar surface area (TPSA) is 135 Å². The Balaban J connectivity index is 1.28. The molecule has 5 heterocycles. The maximum Gasteiger partial charge on any atom is 0.405 e. The van der Waals surface area contributed by atoms with Gasteiger partial charge in [-0.2, -0.15) is 5.10 Å². The zero-order valence-electron chi connectivity index (χ0n) is 21.1. The molecule has 3 aromatic rings. The number of fused-ring (bicyclic) bond motifs is 2. The number of carbonyl (C=O) groups is 1. The van der Waals surface area contributed by atoms with Crippen molar-refractivity contribution in [3.05, 3.63) is 41.7 Å². The van der Waals surface area contributed by atoms with Crippen molar-refractivity contribution in [1.82, 2.24) is 25.1 Å². The van der Waals surface area contributed by atoms with Crippen molar-refractivity contribution < 1.29 is 24.5 Å². The Labute approximate surface area is 214 Å². The summed E-state index contributed by atoms with van der Waals surface area (Å²) in [6.45, 7) is 5.65. The van der Waals surface area contributed by atoms with Crippen LogP contribution in [0.25, 0.3) is 11.2 Å². The number of para-hydroxylation sites is 1. The number of amides is 1. The number of aliphatic hydroxyl groups is 1. The van der Waals surface area contributed by atoms with Crippen LogP contribution in [-0.4, -0.2) is 66.9 Å². The van der Waals surface area contributed by atoms with Gasteiger partial charge in [-0.05, 0) is 26.3 Å². The number of aliphatic hydroxyl groups excluding tert-OH is 1. The predicted octanol–water partition coefficient (Wildman–Crippen LogP) is 3.19. The second-order valence-electron chi connectivity index (χ2n) is 10.8. The monoisotopic (exact) mass is 508 g/mol. The molecule has 0 saturated carbocycles. The zero-order valence-corrected chi connectivity index (χ0v) is 21.1. The summed E-state index contributed by atoms with van der Waals surface area (Å²) in [4.78, 5) is 23.1. The Morgan fingerprint density at radius 2 is 2.00 bits per heavy atom. The van der Waals surface area contributed by atoms with Crippen LogP contribution in [0.15, 0.2) is 30.5 Å². The van der Waals surface area contributed by atoms with E-state index in [4.69, 9.17) is 14.5 Å². The van der Waals surface area contributed by atoms with Crippen LogP contribution in [0, 0.1) is 0 Å². The summed E-state index contributed by atoms with van der Waals surface area (Å²) in [6, 6.07) is 8.06. The summed E-state index contributed by atoms with van der Waals surface area (Å²) in [5.74, 6) is 1.57. The van der Waals surface area contributed by atoms with E-state index < -0.39 is 17.2 Å². The molecule has 2 atom stereocenters. The molecule has 0 aliphatic carbocycles. The lowest BCUT2D eigenvalue weighted by Gasteiger charge is -2.44. The van der Waals surface area contributed by atoms with E-state index in [0.29, 0.717) is 48.8 Å². The van der Waals surface area contributed by atoms with Gasteiger partial charge in [0, 0.05) is 49.4 Å². The molecule has 11 heteroatoms. The van der Waals surface area contributed by atoms with Gasteiger partial charge in [-0.25, -0.2) is 19.4 Å². The van der Waals surface area contributed by atoms with Crippen molar-refractivity contribution in [2.75, 3.05) is 24.6 Å². The number of piperidine rings is 1. The fraction of sp³-hybridized carbons (Fsp3) is 0.538. The molecule has 3 aliphatic rings. The molecule has 0 bridgehead atoms. The highest BCUT2D eigenvalue weighted by Crippen LogP contribution is 2.52. The summed E-state index contributed by atoms with van der Waals surface area (Å²) in [5, 5.41) is 26.5. The van der Waals surface area contributed by atoms with Crippen LogP contribution in [-0.2, 0) is 11.3 Å². The van der Waals surface area contributed by atoms with Crippen LogP contribution < -0.4 is 15.0 Å². The molecule has 196 valence electrons. The Bertz CT molecular complexity index is 1330. The molecule has 37 heavy (non-hydrogen) atoms. The third-order valence-corrected chi connectivity index (χ3v) is 7.89. The largest absolute Gasteiger partial charge is 0.486 e. The molecular formula is C26H32N6O5. The smallest absolute Gasteiger partial charge is 0.405 e. The van der Waals surface area contributed by atoms with Gasteiger partial charge in [0.25, 0.3) is 0 Å². The maximum atomic E-state index is 11.4. The van der Waals surface area contributed by atoms with E-state index in [1.54, 1.807) is 10.9 Å². The summed E-state index contributed by atoms with van der Waals surface area (Å²) in [6.07, 6.45) is 3.46. The van der Waals surface area contributed by atoms with Gasteiger partial charge in [0.15, 0.2) is 17.7 Å². The number of anilines is 1. The fourth-order valence-electron chi connectivity index (χ4n) is 6.01. The number of ether oxygens (including phenoxy) is 2. The molecule has 6 rings (SSSR count). The molecule has 11 nitrogen and oxygen atoms in total. The number of rotatable bonds is 6. The minimum atomic E-state index is -1.03. The third kappa shape index (κ3) is 4.15. The number of hydrogen-bond acceptors (Lipinski definition) is 8. The average Bonchev–Trinajstić information content (AvgIpc) is 3.35. The van der Waals surface area contributed by atoms with E-state index in [2.05, 4.69) is 26.4 Å². The van der Waals surface area contributed by atoms with Crippen molar-refractivity contribution in [3.63, 3.8) is 0 Å². The van der Waals surface area contributed by atoms with E-state index in [0.717, 1.165) is 30.6 Å². The minimum absolute atomic E-state index is 0.0378. The predicted molar refractivity (Wildman–Crippen MR) is 135 cm³/mol. The molecule has 2 saturated heterocycles. The summed E-state index contributed by atoms with van der Waals surface area (Å²) >= 11 is 0. The van der Waals surface area contributed by atoms with Gasteiger partial charge in [-0.1, -0.05) is 18.2 Å². The number of nitrogens with one attached hydrogen (secondary N) is 1. The van der Waals surface area contributed by atoms with Crippen LogP contribution in [0.3, 0.4) is 0 Å². The Hall–Kier alpha value is -3.44. The molecule has 1 unspecified atom stereocenters. The molecule has 2 fully saturated rings. The van der Waals surface area contributed by atoms with Crippen LogP contribution in [0.4, 0.5) is 10.6 Å². The van der Waals surface area contributed by atoms with E-state index in [1.807, 2.05) is 32.0 Å². The number of hydrogen-bond donors (Lipinski definition) is 3. The van der Waals surface area contributed by atoms with Gasteiger partial charge < -0.3 is 29.9 Å². The van der Waals surface area contributed by atoms with Crippen LogP contribution >= 0.6 is 0 Å². The minimum Gasteiger partial charge on any atom is -0.486 e. The van der Waals surface area contributed by atoms with Gasteiger partial charge >= 0.3 is 6.09 Å². The van der Waals surface area contributed by atoms with Crippen LogP contribution in [0.2, 0.25) is 0 Å². The van der Waals surface area contributed by atoms with Crippen LogP contribution in [0.1, 0.15) is 62.9 Å². The van der Waals surface area contributed by atoms with Crippen molar-refractivity contribution >= 4 is 23.1 Å². The Kier molecular flexibility index (Phi) is 5.72. The number of aromatic nitrogens is 4. The van der Waals surface area contributed by atoms with Crippen LogP contribution in [0.5, 0.6) is 5.75 Å². The molecule has 0 radical (unpaired) electrons. The summed E-state index contributed by atoms with van der Waals surface area (Å²) < 4.78 is 14.0. The summed E-state index contributed by atoms with van der Waals surface area (Å²) in [5.41, 5.74) is 1.87. The molecule has 1 aromatic carbocycles. The van der Waals surface area contributed by atoms with Crippen molar-refractivity contribution in [3.8, 4) is 5.75 Å². The van der Waals surface area contributed by atoms with E-state index in [9.17, 15) is 15.0 Å². The van der Waals surface area contributed by atoms with E-state index in [1.165, 1.54) is 0 Å². The lowest BCUT2D eigenvalue weighted by atomic mass is 9.72. The second-order valence-corrected chi connectivity index (χ2v) is 10.8. The normalized spacial score (nSPS) is 22.5. The van der Waals surface area contributed by atoms with Crippen molar-refractivity contribution in [1.29, 1.82) is 0 Å². The van der Waals surface area contributed by atoms with Gasteiger partial charge in [0.1, 0.15) is 22.6 Å². The number of benzene rings is 1. The Morgan fingerprint density at radius 1 is 1.24 bits per heavy atom. The van der Waals surface area contributed by atoms with Crippen molar-refractivity contribution in [2.24, 2.45) is 0 Å². The highest BCUT2D eigenvalue weighted by molar-refractivity contribution is 5.73. The zero-order chi connectivity index (χ0) is 25.8. The first kappa shape index (κ1) is 23.9. The molecule has 3 N–H and O–H groups in total. The standard InChI is InChI=1S/C26H32N6O5/c1-25(2,30-24(34)35)13-17-16-5-3-4-6-20(16)37-26(17)8-10-31(11-9-26)22-19(15-33)28-18-14-27-32(23(18)29-22)21-7-12-36-21/h3-6,14,17,21,30,33H,7-13,15H2,1-2H3,(H,34,35)/t17-,21?/m1/s1. The first-order chi connectivity index (χ1) is 17.8. The molecule has 1 amide bonds. The lowest BCUT2D eigenvalue weighted by Crippen LogP contribution is -2.52. The van der Waals surface area contributed by atoms with Gasteiger partial charge in [0.05, 0.1) is 19.4 Å². The number of carboxylic acid groups (broad SMARTS) is 1. The molecule has 2 aromatic heterocycles. The average molecular weight is 509 g/mol.